The Morgan fingerprint density at radius 2 is 2.31 bits per heavy atom. The third-order valence-electron chi connectivity index (χ3n) is 3.50. The Morgan fingerprint density at radius 3 is 2.85 bits per heavy atom. The van der Waals surface area contributed by atoms with Crippen LogP contribution in [0.4, 0.5) is 0 Å². The van der Waals surface area contributed by atoms with Gasteiger partial charge in [-0.3, -0.25) is 0 Å². The molecule has 2 aliphatic carbocycles. The quantitative estimate of drug-likeness (QED) is 0.467. The Hall–Kier alpha value is 0.0300. The minimum Gasteiger partial charge on any atom is -0.123 e. The zero-order valence-corrected chi connectivity index (χ0v) is 9.24. The lowest BCUT2D eigenvalue weighted by atomic mass is 9.95. The first kappa shape index (κ1) is 9.58. The largest absolute Gasteiger partial charge is 0.123 e. The average Bonchev–Trinajstić information content (AvgIpc) is 2.64. The van der Waals surface area contributed by atoms with Crippen molar-refractivity contribution in [2.75, 3.05) is 0 Å². The third-order valence-corrected chi connectivity index (χ3v) is 3.72. The molecule has 2 atom stereocenters. The Labute approximate surface area is 86.4 Å². The van der Waals surface area contributed by atoms with Crippen LogP contribution in [0.3, 0.4) is 0 Å². The first-order chi connectivity index (χ1) is 6.25. The summed E-state index contributed by atoms with van der Waals surface area (Å²) in [5, 5.41) is 0.365. The molecule has 1 saturated carbocycles. The van der Waals surface area contributed by atoms with E-state index in [-0.39, 0.29) is 0 Å². The Bertz CT molecular complexity index is 215. The second-order valence-electron chi connectivity index (χ2n) is 4.69. The van der Waals surface area contributed by atoms with E-state index in [0.717, 1.165) is 5.92 Å². The van der Waals surface area contributed by atoms with Crippen LogP contribution in [0.5, 0.6) is 0 Å². The van der Waals surface area contributed by atoms with Crippen LogP contribution in [-0.4, -0.2) is 5.38 Å². The van der Waals surface area contributed by atoms with E-state index in [4.69, 9.17) is 11.6 Å². The molecule has 0 nitrogen and oxygen atoms in total. The summed E-state index contributed by atoms with van der Waals surface area (Å²) in [6, 6.07) is 0. The molecule has 0 aromatic carbocycles. The molecular weight excluding hydrogens is 180 g/mol. The number of allylic oxidation sites excluding steroid dienone is 2. The second kappa shape index (κ2) is 4.04. The minimum atomic E-state index is 0.365. The van der Waals surface area contributed by atoms with Gasteiger partial charge < -0.3 is 0 Å². The monoisotopic (exact) mass is 198 g/mol. The molecule has 1 fully saturated rings. The lowest BCUT2D eigenvalue weighted by Crippen LogP contribution is -1.96. The van der Waals surface area contributed by atoms with Gasteiger partial charge in [-0.05, 0) is 57.8 Å². The Kier molecular flexibility index (Phi) is 2.98. The summed E-state index contributed by atoms with van der Waals surface area (Å²) in [5.41, 5.74) is 3.61. The highest BCUT2D eigenvalue weighted by Crippen LogP contribution is 2.45. The molecule has 2 rings (SSSR count). The molecule has 0 heterocycles. The second-order valence-corrected chi connectivity index (χ2v) is 5.44. The van der Waals surface area contributed by atoms with Crippen LogP contribution in [0.2, 0.25) is 0 Å². The average molecular weight is 199 g/mol. The number of halogens is 1. The van der Waals surface area contributed by atoms with Gasteiger partial charge >= 0.3 is 0 Å². The maximum atomic E-state index is 5.93. The molecule has 74 valence electrons. The SMILES string of the molecule is CC(Cl)CCCC1=C2CCC(C1)C2. The van der Waals surface area contributed by atoms with Gasteiger partial charge in [0.2, 0.25) is 0 Å². The summed E-state index contributed by atoms with van der Waals surface area (Å²) < 4.78 is 0. The predicted octanol–water partition coefficient (Wildman–Crippen LogP) is 4.28. The van der Waals surface area contributed by atoms with E-state index >= 15 is 0 Å². The number of rotatable bonds is 4. The fourth-order valence-electron chi connectivity index (χ4n) is 2.79. The van der Waals surface area contributed by atoms with Crippen LogP contribution in [0, 0.1) is 5.92 Å². The van der Waals surface area contributed by atoms with E-state index in [1.54, 1.807) is 5.57 Å². The zero-order chi connectivity index (χ0) is 9.26. The summed E-state index contributed by atoms with van der Waals surface area (Å²) in [4.78, 5) is 0. The van der Waals surface area contributed by atoms with E-state index in [2.05, 4.69) is 6.92 Å². The van der Waals surface area contributed by atoms with Crippen LogP contribution >= 0.6 is 11.6 Å². The van der Waals surface area contributed by atoms with Gasteiger partial charge in [-0.15, -0.1) is 11.6 Å². The van der Waals surface area contributed by atoms with Crippen molar-refractivity contribution in [3.05, 3.63) is 11.1 Å². The first-order valence-corrected chi connectivity index (χ1v) is 6.03. The fourth-order valence-corrected chi connectivity index (χ4v) is 2.95. The van der Waals surface area contributed by atoms with E-state index in [1.165, 1.54) is 44.9 Å². The molecule has 1 heteroatoms. The van der Waals surface area contributed by atoms with Crippen molar-refractivity contribution in [3.8, 4) is 0 Å². The van der Waals surface area contributed by atoms with E-state index in [9.17, 15) is 0 Å². The van der Waals surface area contributed by atoms with Gasteiger partial charge in [0.1, 0.15) is 0 Å². The van der Waals surface area contributed by atoms with Crippen molar-refractivity contribution in [1.29, 1.82) is 0 Å². The molecule has 0 aliphatic heterocycles. The smallest absolute Gasteiger partial charge is 0.0307 e. The highest BCUT2D eigenvalue weighted by molar-refractivity contribution is 6.20. The molecule has 2 unspecified atom stereocenters. The zero-order valence-electron chi connectivity index (χ0n) is 8.48. The Morgan fingerprint density at radius 1 is 1.46 bits per heavy atom. The maximum absolute atomic E-state index is 5.93. The molecule has 0 radical (unpaired) electrons. The summed E-state index contributed by atoms with van der Waals surface area (Å²) in [5.74, 6) is 1.04. The van der Waals surface area contributed by atoms with Gasteiger partial charge in [0.05, 0.1) is 0 Å². The van der Waals surface area contributed by atoms with Crippen molar-refractivity contribution in [2.24, 2.45) is 5.92 Å². The number of alkyl halides is 1. The Balaban J connectivity index is 1.76. The fraction of sp³-hybridized carbons (Fsp3) is 0.833. The van der Waals surface area contributed by atoms with Crippen molar-refractivity contribution in [3.63, 3.8) is 0 Å². The number of fused-ring (bicyclic) bond motifs is 2. The molecule has 0 amide bonds. The number of hydrogen-bond acceptors (Lipinski definition) is 0. The number of hydrogen-bond donors (Lipinski definition) is 0. The van der Waals surface area contributed by atoms with E-state index in [0.29, 0.717) is 5.38 Å². The summed E-state index contributed by atoms with van der Waals surface area (Å²) in [7, 11) is 0. The molecule has 0 aromatic rings. The van der Waals surface area contributed by atoms with Crippen molar-refractivity contribution in [2.45, 2.75) is 57.2 Å². The third kappa shape index (κ3) is 2.28. The molecular formula is C12H19Cl. The summed E-state index contributed by atoms with van der Waals surface area (Å²) in [6.07, 6.45) is 9.57. The molecule has 0 saturated heterocycles. The predicted molar refractivity (Wildman–Crippen MR) is 58.2 cm³/mol. The summed E-state index contributed by atoms with van der Waals surface area (Å²) >= 11 is 5.93. The molecule has 2 aliphatic rings. The van der Waals surface area contributed by atoms with E-state index < -0.39 is 0 Å². The van der Waals surface area contributed by atoms with Gasteiger partial charge in [0.25, 0.3) is 0 Å². The normalized spacial score (nSPS) is 28.6. The van der Waals surface area contributed by atoms with Crippen molar-refractivity contribution < 1.29 is 0 Å². The molecule has 2 bridgehead atoms. The van der Waals surface area contributed by atoms with Gasteiger partial charge in [-0.1, -0.05) is 11.1 Å². The standard InChI is InChI=1S/C12H19Cl/c1-9(13)3-2-4-11-7-10-5-6-12(11)8-10/h9-10H,2-8H2,1H3. The minimum absolute atomic E-state index is 0.365. The van der Waals surface area contributed by atoms with Crippen LogP contribution in [-0.2, 0) is 0 Å². The molecule has 0 aromatic heterocycles. The van der Waals surface area contributed by atoms with Gasteiger partial charge in [0.15, 0.2) is 0 Å². The van der Waals surface area contributed by atoms with Gasteiger partial charge in [-0.2, -0.15) is 0 Å². The highest BCUT2D eigenvalue weighted by atomic mass is 35.5. The van der Waals surface area contributed by atoms with Crippen LogP contribution in [0.25, 0.3) is 0 Å². The molecule has 13 heavy (non-hydrogen) atoms. The van der Waals surface area contributed by atoms with Crippen LogP contribution < -0.4 is 0 Å². The summed E-state index contributed by atoms with van der Waals surface area (Å²) in [6.45, 7) is 2.10. The lowest BCUT2D eigenvalue weighted by Gasteiger charge is -2.12. The van der Waals surface area contributed by atoms with Crippen LogP contribution in [0.1, 0.15) is 51.9 Å². The van der Waals surface area contributed by atoms with Gasteiger partial charge in [-0.25, -0.2) is 0 Å². The molecule has 0 spiro atoms. The highest BCUT2D eigenvalue weighted by Gasteiger charge is 2.29. The van der Waals surface area contributed by atoms with Crippen molar-refractivity contribution >= 4 is 11.6 Å². The van der Waals surface area contributed by atoms with Gasteiger partial charge in [0, 0.05) is 5.38 Å². The molecule has 0 N–H and O–H groups in total. The first-order valence-electron chi connectivity index (χ1n) is 5.59. The lowest BCUT2D eigenvalue weighted by molar-refractivity contribution is 0.548. The van der Waals surface area contributed by atoms with Crippen molar-refractivity contribution in [1.82, 2.24) is 0 Å². The topological polar surface area (TPSA) is 0 Å². The van der Waals surface area contributed by atoms with Crippen LogP contribution in [0.15, 0.2) is 11.1 Å². The van der Waals surface area contributed by atoms with E-state index in [1.807, 2.05) is 5.57 Å². The maximum Gasteiger partial charge on any atom is 0.0307 e.